The van der Waals surface area contributed by atoms with Gasteiger partial charge >= 0.3 is 16.8 Å². The van der Waals surface area contributed by atoms with Gasteiger partial charge in [0.05, 0.1) is 38.4 Å². The second-order valence-electron chi connectivity index (χ2n) is 4.70. The summed E-state index contributed by atoms with van der Waals surface area (Å²) in [6, 6.07) is 18.8. The Hall–Kier alpha value is -2.27. The minimum Gasteiger partial charge on any atom is -0.548 e. The molecule has 0 aromatic heterocycles. The molecule has 2 aromatic rings. The molecule has 27 heavy (non-hydrogen) atoms. The van der Waals surface area contributed by atoms with E-state index in [1.165, 1.54) is 0 Å². The van der Waals surface area contributed by atoms with Crippen LogP contribution in [-0.2, 0) is 60.0 Å². The van der Waals surface area contributed by atoms with Crippen molar-refractivity contribution in [3.63, 3.8) is 0 Å². The molecule has 0 aliphatic carbocycles. The van der Waals surface area contributed by atoms with E-state index in [4.69, 9.17) is 9.47 Å². The molecule has 0 saturated heterocycles. The Morgan fingerprint density at radius 1 is 0.667 bits per heavy atom. The third kappa shape index (κ3) is 16.9. The monoisotopic (exact) mass is 427 g/mol. The van der Waals surface area contributed by atoms with Gasteiger partial charge in [-0.15, -0.1) is 0 Å². The molecule has 151 valence electrons. The van der Waals surface area contributed by atoms with Crippen LogP contribution in [0.15, 0.2) is 60.7 Å². The molecule has 6 N–H and O–H groups in total. The average Bonchev–Trinajstić information content (AvgIpc) is 2.57. The smallest absolute Gasteiger partial charge is 0.548 e. The number of rotatable bonds is 8. The maximum absolute atomic E-state index is 9.95. The summed E-state index contributed by atoms with van der Waals surface area (Å²) in [4.78, 5) is 19.9. The molecule has 8 nitrogen and oxygen atoms in total. The minimum absolute atomic E-state index is 0. The van der Waals surface area contributed by atoms with Crippen molar-refractivity contribution in [2.24, 2.45) is 0 Å². The van der Waals surface area contributed by atoms with Crippen molar-refractivity contribution < 1.29 is 57.0 Å². The average molecular weight is 427 g/mol. The van der Waals surface area contributed by atoms with Crippen LogP contribution in [0.4, 0.5) is 0 Å². The summed E-state index contributed by atoms with van der Waals surface area (Å²) >= 11 is 0. The van der Waals surface area contributed by atoms with Crippen molar-refractivity contribution in [1.82, 2.24) is 0 Å². The van der Waals surface area contributed by atoms with E-state index in [9.17, 15) is 19.8 Å². The van der Waals surface area contributed by atoms with Gasteiger partial charge in [0.15, 0.2) is 0 Å². The zero-order valence-corrected chi connectivity index (χ0v) is 15.6. The number of ether oxygens (including phenoxy) is 2. The fourth-order valence-corrected chi connectivity index (χ4v) is 1.65. The van der Waals surface area contributed by atoms with Gasteiger partial charge in [0.2, 0.25) is 0 Å². The molecule has 9 heteroatoms. The molecule has 0 aliphatic heterocycles. The van der Waals surface area contributed by atoms with Crippen LogP contribution < -0.4 is 10.2 Å². The van der Waals surface area contributed by atoms with Gasteiger partial charge in [-0.2, -0.15) is 0 Å². The van der Waals surface area contributed by atoms with Crippen LogP contribution >= 0.6 is 0 Å². The fourth-order valence-electron chi connectivity index (χ4n) is 1.65. The van der Waals surface area contributed by atoms with E-state index >= 15 is 0 Å². The van der Waals surface area contributed by atoms with Gasteiger partial charge < -0.3 is 40.2 Å². The van der Waals surface area contributed by atoms with Crippen LogP contribution in [-0.4, -0.2) is 25.2 Å². The van der Waals surface area contributed by atoms with Crippen molar-refractivity contribution in [3.8, 4) is 0 Å². The minimum atomic E-state index is -1.19. The number of carboxylic acid groups (broad SMARTS) is 2. The number of carbonyl (C=O) groups is 2. The molecule has 0 spiro atoms. The number of hydrogen-bond donors (Lipinski definition) is 0. The quantitative estimate of drug-likeness (QED) is 0.445. The van der Waals surface area contributed by atoms with Gasteiger partial charge in [-0.3, -0.25) is 0 Å². The molecule has 0 aliphatic rings. The van der Waals surface area contributed by atoms with Crippen LogP contribution in [0, 0.1) is 0 Å². The molecule has 0 unspecified atom stereocenters. The second-order valence-corrected chi connectivity index (χ2v) is 4.70. The van der Waals surface area contributed by atoms with E-state index in [2.05, 4.69) is 0 Å². The van der Waals surface area contributed by atoms with Crippen LogP contribution in [0.25, 0.3) is 0 Å². The topological polar surface area (TPSA) is 165 Å². The summed E-state index contributed by atoms with van der Waals surface area (Å²) in [5, 5.41) is 19.9. The summed E-state index contributed by atoms with van der Waals surface area (Å²) in [5.74, 6) is -2.38. The fraction of sp³-hybridized carbons (Fsp3) is 0.222. The predicted octanol–water partition coefficient (Wildman–Crippen LogP) is -1.94. The summed E-state index contributed by atoms with van der Waals surface area (Å²) < 4.78 is 9.64. The maximum atomic E-state index is 9.95. The first-order valence-corrected chi connectivity index (χ1v) is 7.21. The summed E-state index contributed by atoms with van der Waals surface area (Å²) in [6.07, 6.45) is 0. The Balaban J connectivity index is -0.000000384. The van der Waals surface area contributed by atoms with Gasteiger partial charge in [0, 0.05) is 0 Å². The normalized spacial score (nSPS) is 8.59. The standard InChI is InChI=1S/2C9H10O3.Co.2H2O/c2*10-9(11)7-12-6-8-4-2-1-3-5-8;;;/h2*1-5H,6-7H2,(H,10,11);;2*1H2/q;;+2;;. The zero-order valence-electron chi connectivity index (χ0n) is 14.5. The molecular weight excluding hydrogens is 403 g/mol. The van der Waals surface area contributed by atoms with E-state index in [0.29, 0.717) is 13.2 Å². The van der Waals surface area contributed by atoms with E-state index < -0.39 is 11.9 Å². The molecule has 0 bridgehead atoms. The summed E-state index contributed by atoms with van der Waals surface area (Å²) in [5.41, 5.74) is 1.91. The van der Waals surface area contributed by atoms with E-state index in [1.807, 2.05) is 60.7 Å². The summed E-state index contributed by atoms with van der Waals surface area (Å²) in [7, 11) is 0. The molecule has 0 fully saturated rings. The van der Waals surface area contributed by atoms with Gasteiger partial charge in [0.25, 0.3) is 0 Å². The van der Waals surface area contributed by atoms with Crippen LogP contribution in [0.5, 0.6) is 0 Å². The van der Waals surface area contributed by atoms with Crippen LogP contribution in [0.3, 0.4) is 0 Å². The van der Waals surface area contributed by atoms with E-state index in [-0.39, 0.29) is 40.9 Å². The number of benzene rings is 2. The third-order valence-corrected chi connectivity index (χ3v) is 2.66. The van der Waals surface area contributed by atoms with Crippen LogP contribution in [0.1, 0.15) is 11.1 Å². The number of carboxylic acids is 2. The number of aliphatic carboxylic acids is 2. The van der Waals surface area contributed by atoms with Gasteiger partial charge in [-0.1, -0.05) is 60.7 Å². The Labute approximate surface area is 167 Å². The number of carbonyl (C=O) groups excluding carboxylic acids is 2. The van der Waals surface area contributed by atoms with Crippen molar-refractivity contribution in [2.45, 2.75) is 13.2 Å². The molecule has 2 aromatic carbocycles. The second kappa shape index (κ2) is 18.5. The predicted molar refractivity (Wildman–Crippen MR) is 92.0 cm³/mol. The molecule has 0 saturated carbocycles. The zero-order chi connectivity index (χ0) is 17.6. The Morgan fingerprint density at radius 3 is 1.22 bits per heavy atom. The molecule has 2 rings (SSSR count). The van der Waals surface area contributed by atoms with Crippen molar-refractivity contribution in [1.29, 1.82) is 0 Å². The van der Waals surface area contributed by atoms with Crippen LogP contribution in [0.2, 0.25) is 0 Å². The molecule has 1 radical (unpaired) electrons. The molecular formula is C18H24CoO8+2. The first-order valence-electron chi connectivity index (χ1n) is 7.21. The van der Waals surface area contributed by atoms with E-state index in [0.717, 1.165) is 11.1 Å². The first kappa shape index (κ1) is 29.5. The van der Waals surface area contributed by atoms with E-state index in [1.54, 1.807) is 0 Å². The Morgan fingerprint density at radius 2 is 0.963 bits per heavy atom. The molecule has 0 atom stereocenters. The third-order valence-electron chi connectivity index (χ3n) is 2.66. The Bertz CT molecular complexity index is 552. The Kier molecular flexibility index (Phi) is 20.2. The SMILES string of the molecule is O=C([O-])COCc1ccccc1.O=C([O-])COCc1ccccc1.[Co+2].[OH3+].[OH3+]. The van der Waals surface area contributed by atoms with Crippen molar-refractivity contribution in [3.05, 3.63) is 71.8 Å². The number of hydrogen-bond acceptors (Lipinski definition) is 6. The van der Waals surface area contributed by atoms with Gasteiger partial charge in [-0.05, 0) is 11.1 Å². The van der Waals surface area contributed by atoms with Crippen molar-refractivity contribution >= 4 is 11.9 Å². The maximum Gasteiger partial charge on any atom is 2.00 e. The largest absolute Gasteiger partial charge is 2.00 e. The molecule has 0 amide bonds. The van der Waals surface area contributed by atoms with Gasteiger partial charge in [-0.25, -0.2) is 0 Å². The summed E-state index contributed by atoms with van der Waals surface area (Å²) in [6.45, 7) is -0.0760. The molecule has 0 heterocycles. The first-order chi connectivity index (χ1) is 11.6. The van der Waals surface area contributed by atoms with Crippen molar-refractivity contribution in [2.75, 3.05) is 13.2 Å². The van der Waals surface area contributed by atoms with Gasteiger partial charge in [0.1, 0.15) is 0 Å².